The Kier molecular flexibility index (Phi) is 4.86. The zero-order valence-corrected chi connectivity index (χ0v) is 9.95. The van der Waals surface area contributed by atoms with Gasteiger partial charge in [-0.3, -0.25) is 4.79 Å². The van der Waals surface area contributed by atoms with Gasteiger partial charge >= 0.3 is 0 Å². The lowest BCUT2D eigenvalue weighted by Gasteiger charge is -1.81. The lowest BCUT2D eigenvalue weighted by atomic mass is 10.4. The maximum absolute atomic E-state index is 10.00. The lowest BCUT2D eigenvalue weighted by molar-refractivity contribution is 0.109. The van der Waals surface area contributed by atoms with Crippen LogP contribution < -0.4 is 0 Å². The number of rotatable bonds is 2. The summed E-state index contributed by atoms with van der Waals surface area (Å²) in [6.45, 7) is 3.88. The Morgan fingerprint density at radius 1 is 1.12 bits per heavy atom. The summed E-state index contributed by atoms with van der Waals surface area (Å²) in [5, 5.41) is 0. The first kappa shape index (κ1) is 12.6. The average Bonchev–Trinajstić information content (AvgIpc) is 2.88. The summed E-state index contributed by atoms with van der Waals surface area (Å²) >= 11 is 5.39. The topological polar surface area (TPSA) is 43.4 Å². The van der Waals surface area contributed by atoms with Crippen LogP contribution in [0.15, 0.2) is 33.1 Å². The molecule has 0 bridgehead atoms. The van der Waals surface area contributed by atoms with Crippen molar-refractivity contribution in [3.63, 3.8) is 0 Å². The Hall–Kier alpha value is -1.48. The first-order valence-corrected chi connectivity index (χ1v) is 5.32. The van der Waals surface area contributed by atoms with E-state index in [2.05, 4.69) is 0 Å². The highest BCUT2D eigenvalue weighted by Crippen LogP contribution is 2.07. The van der Waals surface area contributed by atoms with E-state index in [4.69, 9.17) is 20.4 Å². The van der Waals surface area contributed by atoms with Gasteiger partial charge in [0.05, 0.1) is 5.88 Å². The van der Waals surface area contributed by atoms with Crippen LogP contribution in [0.2, 0.25) is 0 Å². The van der Waals surface area contributed by atoms with Crippen molar-refractivity contribution in [3.8, 4) is 0 Å². The van der Waals surface area contributed by atoms with E-state index in [0.717, 1.165) is 11.5 Å². The minimum Gasteiger partial charge on any atom is -0.467 e. The zero-order chi connectivity index (χ0) is 12.0. The number of hydrogen-bond acceptors (Lipinski definition) is 3. The van der Waals surface area contributed by atoms with Crippen LogP contribution in [0.25, 0.3) is 0 Å². The van der Waals surface area contributed by atoms with Crippen molar-refractivity contribution in [1.29, 1.82) is 0 Å². The van der Waals surface area contributed by atoms with Crippen molar-refractivity contribution in [3.05, 3.63) is 47.3 Å². The van der Waals surface area contributed by atoms with Gasteiger partial charge in [-0.15, -0.1) is 11.6 Å². The summed E-state index contributed by atoms with van der Waals surface area (Å²) in [4.78, 5) is 10.00. The molecule has 0 N–H and O–H groups in total. The number of carbonyl (C=O) groups excluding carboxylic acids is 1. The molecule has 0 spiro atoms. The lowest BCUT2D eigenvalue weighted by Crippen LogP contribution is -1.69. The fraction of sp³-hybridized carbons (Fsp3) is 0.250. The number of aryl methyl sites for hydroxylation is 2. The van der Waals surface area contributed by atoms with E-state index in [1.165, 1.54) is 0 Å². The fourth-order valence-corrected chi connectivity index (χ4v) is 1.23. The second-order valence-corrected chi connectivity index (χ2v) is 3.48. The van der Waals surface area contributed by atoms with Gasteiger partial charge in [-0.1, -0.05) is 0 Å². The van der Waals surface area contributed by atoms with Crippen molar-refractivity contribution in [2.75, 3.05) is 0 Å². The third-order valence-electron chi connectivity index (χ3n) is 1.81. The largest absolute Gasteiger partial charge is 0.467 e. The van der Waals surface area contributed by atoms with E-state index in [9.17, 15) is 4.79 Å². The summed E-state index contributed by atoms with van der Waals surface area (Å²) in [6, 6.07) is 7.17. The first-order chi connectivity index (χ1) is 7.65. The number of furan rings is 2. The van der Waals surface area contributed by atoms with Gasteiger partial charge < -0.3 is 8.83 Å². The van der Waals surface area contributed by atoms with E-state index in [1.807, 2.05) is 26.0 Å². The fourth-order valence-electron chi connectivity index (χ4n) is 1.09. The molecule has 0 saturated carbocycles. The van der Waals surface area contributed by atoms with Crippen LogP contribution in [-0.2, 0) is 5.88 Å². The van der Waals surface area contributed by atoms with E-state index in [-0.39, 0.29) is 0 Å². The van der Waals surface area contributed by atoms with Gasteiger partial charge in [0, 0.05) is 0 Å². The third kappa shape index (κ3) is 3.95. The van der Waals surface area contributed by atoms with E-state index < -0.39 is 0 Å². The predicted molar refractivity (Wildman–Crippen MR) is 61.8 cm³/mol. The third-order valence-corrected chi connectivity index (χ3v) is 2.07. The summed E-state index contributed by atoms with van der Waals surface area (Å²) in [6.07, 6.45) is 0.649. The molecule has 16 heavy (non-hydrogen) atoms. The Morgan fingerprint density at radius 3 is 2.00 bits per heavy atom. The van der Waals surface area contributed by atoms with Crippen LogP contribution in [0.5, 0.6) is 0 Å². The Morgan fingerprint density at radius 2 is 1.75 bits per heavy atom. The molecule has 0 aliphatic rings. The van der Waals surface area contributed by atoms with Crippen LogP contribution in [0.3, 0.4) is 0 Å². The molecule has 0 atom stereocenters. The molecule has 0 aromatic carbocycles. The van der Waals surface area contributed by atoms with E-state index >= 15 is 0 Å². The maximum atomic E-state index is 10.00. The van der Waals surface area contributed by atoms with Gasteiger partial charge in [-0.2, -0.15) is 0 Å². The van der Waals surface area contributed by atoms with Crippen LogP contribution in [0.4, 0.5) is 0 Å². The standard InChI is InChI=1S/C6H5ClO2.C6H8O/c7-3-5-1-2-6(4-8)9-5;1-5-3-4-6(2)7-5/h1-2,4H,3H2;3-4H,1-2H3. The average molecular weight is 241 g/mol. The highest BCUT2D eigenvalue weighted by atomic mass is 35.5. The van der Waals surface area contributed by atoms with Crippen molar-refractivity contribution in [1.82, 2.24) is 0 Å². The van der Waals surface area contributed by atoms with Gasteiger partial charge in [0.2, 0.25) is 0 Å². The highest BCUT2D eigenvalue weighted by molar-refractivity contribution is 6.16. The Balaban J connectivity index is 0.000000165. The molecule has 0 aliphatic carbocycles. The number of hydrogen-bond donors (Lipinski definition) is 0. The summed E-state index contributed by atoms with van der Waals surface area (Å²) in [5.41, 5.74) is 0. The molecule has 4 heteroatoms. The Bertz CT molecular complexity index is 426. The molecule has 0 unspecified atom stereocenters. The molecule has 0 radical (unpaired) electrons. The molecule has 2 heterocycles. The number of carbonyl (C=O) groups is 1. The Labute approximate surface area is 99.0 Å². The molecule has 3 nitrogen and oxygen atoms in total. The quantitative estimate of drug-likeness (QED) is 0.593. The minimum atomic E-state index is 0.313. The predicted octanol–water partition coefficient (Wildman–Crippen LogP) is 3.73. The smallest absolute Gasteiger partial charge is 0.185 e. The maximum Gasteiger partial charge on any atom is 0.185 e. The molecule has 86 valence electrons. The van der Waals surface area contributed by atoms with Gasteiger partial charge in [0.25, 0.3) is 0 Å². The molecular formula is C12H13ClO3. The zero-order valence-electron chi connectivity index (χ0n) is 9.20. The highest BCUT2D eigenvalue weighted by Gasteiger charge is 1.96. The van der Waals surface area contributed by atoms with E-state index in [1.54, 1.807) is 12.1 Å². The molecule has 0 fully saturated rings. The molecule has 2 rings (SSSR count). The number of aldehydes is 1. The van der Waals surface area contributed by atoms with Gasteiger partial charge in [-0.25, -0.2) is 0 Å². The monoisotopic (exact) mass is 240 g/mol. The molecule has 2 aromatic rings. The normalized spacial score (nSPS) is 9.44. The molecule has 0 aliphatic heterocycles. The number of halogens is 1. The summed E-state index contributed by atoms with van der Waals surface area (Å²) in [7, 11) is 0. The van der Waals surface area contributed by atoms with Crippen LogP contribution in [0.1, 0.15) is 27.8 Å². The SMILES string of the molecule is Cc1ccc(C)o1.O=Cc1ccc(CCl)o1. The van der Waals surface area contributed by atoms with Crippen molar-refractivity contribution < 1.29 is 13.6 Å². The molecule has 2 aromatic heterocycles. The molecule has 0 amide bonds. The molecule has 0 saturated heterocycles. The van der Waals surface area contributed by atoms with Gasteiger partial charge in [0.15, 0.2) is 12.0 Å². The van der Waals surface area contributed by atoms with Crippen LogP contribution >= 0.6 is 11.6 Å². The van der Waals surface area contributed by atoms with Crippen LogP contribution in [0, 0.1) is 13.8 Å². The number of alkyl halides is 1. The summed E-state index contributed by atoms with van der Waals surface area (Å²) < 4.78 is 9.97. The van der Waals surface area contributed by atoms with Crippen LogP contribution in [-0.4, -0.2) is 6.29 Å². The van der Waals surface area contributed by atoms with Gasteiger partial charge in [-0.05, 0) is 38.1 Å². The van der Waals surface area contributed by atoms with Crippen molar-refractivity contribution >= 4 is 17.9 Å². The minimum absolute atomic E-state index is 0.313. The van der Waals surface area contributed by atoms with Crippen molar-refractivity contribution in [2.24, 2.45) is 0 Å². The van der Waals surface area contributed by atoms with Gasteiger partial charge in [0.1, 0.15) is 17.3 Å². The second kappa shape index (κ2) is 6.18. The second-order valence-electron chi connectivity index (χ2n) is 3.21. The van der Waals surface area contributed by atoms with E-state index in [0.29, 0.717) is 23.7 Å². The van der Waals surface area contributed by atoms with Crippen molar-refractivity contribution in [2.45, 2.75) is 19.7 Å². The molecular weight excluding hydrogens is 228 g/mol. The first-order valence-electron chi connectivity index (χ1n) is 4.78. The summed E-state index contributed by atoms with van der Waals surface area (Å²) in [5.74, 6) is 3.23.